The zero-order valence-corrected chi connectivity index (χ0v) is 16.7. The molecule has 0 aliphatic rings. The molecule has 0 aliphatic carbocycles. The first-order chi connectivity index (χ1) is 12.2. The summed E-state index contributed by atoms with van der Waals surface area (Å²) in [5.74, 6) is 0. The van der Waals surface area contributed by atoms with Gasteiger partial charge in [-0.05, 0) is 53.4 Å². The van der Waals surface area contributed by atoms with Crippen molar-refractivity contribution in [1.29, 1.82) is 0 Å². The molecule has 4 heteroatoms. The van der Waals surface area contributed by atoms with Crippen molar-refractivity contribution in [2.24, 2.45) is 0 Å². The minimum atomic E-state index is -0.376. The van der Waals surface area contributed by atoms with Gasteiger partial charge in [-0.2, -0.15) is 0 Å². The molecule has 0 heterocycles. The van der Waals surface area contributed by atoms with E-state index in [0.717, 1.165) is 29.8 Å². The third-order valence-corrected chi connectivity index (χ3v) is 5.11. The SMILES string of the molecule is CNCc1ccccc1CCC(O)Cc1c(S)ccc2ccccc12.Cl. The second-order valence-electron chi connectivity index (χ2n) is 6.48. The van der Waals surface area contributed by atoms with Gasteiger partial charge in [-0.1, -0.05) is 54.6 Å². The van der Waals surface area contributed by atoms with E-state index < -0.39 is 0 Å². The van der Waals surface area contributed by atoms with E-state index in [0.29, 0.717) is 6.42 Å². The third kappa shape index (κ3) is 5.01. The molecule has 0 aromatic heterocycles. The molecule has 26 heavy (non-hydrogen) atoms. The number of rotatable bonds is 7. The van der Waals surface area contributed by atoms with Crippen LogP contribution in [0.3, 0.4) is 0 Å². The summed E-state index contributed by atoms with van der Waals surface area (Å²) in [4.78, 5) is 0.952. The number of thiol groups is 1. The third-order valence-electron chi connectivity index (χ3n) is 4.69. The Hall–Kier alpha value is -1.52. The van der Waals surface area contributed by atoms with Crippen LogP contribution < -0.4 is 5.32 Å². The number of benzene rings is 3. The van der Waals surface area contributed by atoms with Gasteiger partial charge in [-0.15, -0.1) is 25.0 Å². The van der Waals surface area contributed by atoms with E-state index in [1.54, 1.807) is 0 Å². The molecule has 3 rings (SSSR count). The summed E-state index contributed by atoms with van der Waals surface area (Å²) < 4.78 is 0. The maximum absolute atomic E-state index is 10.6. The van der Waals surface area contributed by atoms with Crippen molar-refractivity contribution in [3.05, 3.63) is 77.4 Å². The molecule has 0 fully saturated rings. The van der Waals surface area contributed by atoms with Crippen LogP contribution >= 0.6 is 25.0 Å². The summed E-state index contributed by atoms with van der Waals surface area (Å²) in [5, 5.41) is 16.2. The molecule has 3 aromatic carbocycles. The minimum Gasteiger partial charge on any atom is -0.393 e. The molecule has 138 valence electrons. The van der Waals surface area contributed by atoms with Gasteiger partial charge in [0.1, 0.15) is 0 Å². The molecule has 0 bridgehead atoms. The van der Waals surface area contributed by atoms with Crippen LogP contribution in [0.5, 0.6) is 0 Å². The van der Waals surface area contributed by atoms with E-state index in [1.165, 1.54) is 21.9 Å². The Morgan fingerprint density at radius 2 is 1.65 bits per heavy atom. The molecule has 2 N–H and O–H groups in total. The Labute approximate surface area is 167 Å². The highest BCUT2D eigenvalue weighted by molar-refractivity contribution is 7.80. The predicted octanol–water partition coefficient (Wildman–Crippen LogP) is 4.81. The number of nitrogens with one attached hydrogen (secondary N) is 1. The highest BCUT2D eigenvalue weighted by atomic mass is 35.5. The number of hydrogen-bond acceptors (Lipinski definition) is 3. The molecule has 0 radical (unpaired) electrons. The molecule has 2 nitrogen and oxygen atoms in total. The quantitative estimate of drug-likeness (QED) is 0.508. The first-order valence-corrected chi connectivity index (χ1v) is 9.23. The molecular weight excluding hydrogens is 362 g/mol. The van der Waals surface area contributed by atoms with Gasteiger partial charge in [-0.25, -0.2) is 0 Å². The number of fused-ring (bicyclic) bond motifs is 1. The smallest absolute Gasteiger partial charge is 0.0584 e. The number of aliphatic hydroxyl groups excluding tert-OH is 1. The molecule has 0 aliphatic heterocycles. The highest BCUT2D eigenvalue weighted by Gasteiger charge is 2.12. The first-order valence-electron chi connectivity index (χ1n) is 8.78. The molecule has 0 amide bonds. The summed E-state index contributed by atoms with van der Waals surface area (Å²) in [7, 11) is 1.96. The minimum absolute atomic E-state index is 0. The first kappa shape index (κ1) is 20.8. The number of aliphatic hydroxyl groups is 1. The topological polar surface area (TPSA) is 32.3 Å². The van der Waals surface area contributed by atoms with E-state index >= 15 is 0 Å². The molecule has 3 aromatic rings. The molecule has 0 spiro atoms. The van der Waals surface area contributed by atoms with E-state index in [2.05, 4.69) is 60.4 Å². The second-order valence-corrected chi connectivity index (χ2v) is 6.96. The van der Waals surface area contributed by atoms with Gasteiger partial charge in [0.25, 0.3) is 0 Å². The van der Waals surface area contributed by atoms with Gasteiger partial charge in [0.2, 0.25) is 0 Å². The molecular formula is C22H26ClNOS. The summed E-state index contributed by atoms with van der Waals surface area (Å²) >= 11 is 4.61. The number of hydrogen-bond donors (Lipinski definition) is 3. The summed E-state index contributed by atoms with van der Waals surface area (Å²) in [5.41, 5.74) is 3.75. The van der Waals surface area contributed by atoms with Crippen molar-refractivity contribution in [3.63, 3.8) is 0 Å². The fourth-order valence-electron chi connectivity index (χ4n) is 3.36. The van der Waals surface area contributed by atoms with Crippen LogP contribution in [0, 0.1) is 0 Å². The predicted molar refractivity (Wildman–Crippen MR) is 116 cm³/mol. The van der Waals surface area contributed by atoms with Crippen molar-refractivity contribution < 1.29 is 5.11 Å². The summed E-state index contributed by atoms with van der Waals surface area (Å²) in [6.45, 7) is 0.858. The van der Waals surface area contributed by atoms with Crippen LogP contribution in [0.1, 0.15) is 23.1 Å². The van der Waals surface area contributed by atoms with E-state index in [1.807, 2.05) is 25.2 Å². The average molecular weight is 388 g/mol. The molecule has 0 saturated heterocycles. The maximum atomic E-state index is 10.6. The lowest BCUT2D eigenvalue weighted by Gasteiger charge is -2.16. The van der Waals surface area contributed by atoms with Gasteiger partial charge in [0, 0.05) is 17.9 Å². The van der Waals surface area contributed by atoms with Crippen molar-refractivity contribution in [2.75, 3.05) is 7.05 Å². The van der Waals surface area contributed by atoms with Crippen LogP contribution in [0.2, 0.25) is 0 Å². The van der Waals surface area contributed by atoms with Gasteiger partial charge in [0.15, 0.2) is 0 Å². The fraction of sp³-hybridized carbons (Fsp3) is 0.273. The van der Waals surface area contributed by atoms with Gasteiger partial charge in [-0.3, -0.25) is 0 Å². The molecule has 1 unspecified atom stereocenters. The lowest BCUT2D eigenvalue weighted by molar-refractivity contribution is 0.165. The van der Waals surface area contributed by atoms with Crippen molar-refractivity contribution in [3.8, 4) is 0 Å². The summed E-state index contributed by atoms with van der Waals surface area (Å²) in [6, 6.07) is 20.8. The average Bonchev–Trinajstić information content (AvgIpc) is 2.64. The zero-order valence-electron chi connectivity index (χ0n) is 15.0. The van der Waals surface area contributed by atoms with Crippen LogP contribution in [0.4, 0.5) is 0 Å². The fourth-order valence-corrected chi connectivity index (χ4v) is 3.65. The van der Waals surface area contributed by atoms with Crippen molar-refractivity contribution in [1.82, 2.24) is 5.32 Å². The Morgan fingerprint density at radius 1 is 0.962 bits per heavy atom. The lowest BCUT2D eigenvalue weighted by Crippen LogP contribution is -2.14. The lowest BCUT2D eigenvalue weighted by atomic mass is 9.95. The van der Waals surface area contributed by atoms with E-state index in [-0.39, 0.29) is 18.5 Å². The monoisotopic (exact) mass is 387 g/mol. The largest absolute Gasteiger partial charge is 0.393 e. The Bertz CT molecular complexity index is 852. The van der Waals surface area contributed by atoms with Gasteiger partial charge in [0.05, 0.1) is 6.10 Å². The maximum Gasteiger partial charge on any atom is 0.0584 e. The van der Waals surface area contributed by atoms with Gasteiger partial charge < -0.3 is 10.4 Å². The standard InChI is InChI=1S/C22H25NOS.ClH/c1-23-15-18-8-3-2-6-16(18)10-12-19(24)14-21-20-9-5-4-7-17(20)11-13-22(21)25;/h2-9,11,13,19,23-25H,10,12,14-15H2,1H3;1H. The Kier molecular flexibility index (Phi) is 7.98. The van der Waals surface area contributed by atoms with Crippen molar-refractivity contribution >= 4 is 35.8 Å². The second kappa shape index (κ2) is 9.98. The van der Waals surface area contributed by atoms with Gasteiger partial charge >= 0.3 is 0 Å². The van der Waals surface area contributed by atoms with Crippen LogP contribution in [-0.4, -0.2) is 18.3 Å². The van der Waals surface area contributed by atoms with Crippen LogP contribution in [-0.2, 0) is 19.4 Å². The Balaban J connectivity index is 0.00000243. The van der Waals surface area contributed by atoms with E-state index in [9.17, 15) is 5.11 Å². The normalized spacial score (nSPS) is 12.0. The van der Waals surface area contributed by atoms with Crippen LogP contribution in [0.15, 0.2) is 65.6 Å². The highest BCUT2D eigenvalue weighted by Crippen LogP contribution is 2.27. The van der Waals surface area contributed by atoms with Crippen molar-refractivity contribution in [2.45, 2.75) is 36.8 Å². The van der Waals surface area contributed by atoms with Crippen LogP contribution in [0.25, 0.3) is 10.8 Å². The van der Waals surface area contributed by atoms with E-state index in [4.69, 9.17) is 0 Å². The number of halogens is 1. The molecule has 1 atom stereocenters. The Morgan fingerprint density at radius 3 is 2.42 bits per heavy atom. The zero-order chi connectivity index (χ0) is 17.6. The molecule has 0 saturated carbocycles. The number of aryl methyl sites for hydroxylation is 1. The summed E-state index contributed by atoms with van der Waals surface area (Å²) in [6.07, 6.45) is 1.89.